The van der Waals surface area contributed by atoms with E-state index in [9.17, 15) is 9.90 Å². The van der Waals surface area contributed by atoms with Crippen molar-refractivity contribution in [3.63, 3.8) is 0 Å². The molecule has 0 spiro atoms. The maximum absolute atomic E-state index is 11.6. The van der Waals surface area contributed by atoms with Gasteiger partial charge in [0.2, 0.25) is 0 Å². The number of nitrogens with one attached hydrogen (secondary N) is 2. The molecule has 0 aliphatic carbocycles. The molecular weight excluding hydrogens is 216 g/mol. The lowest BCUT2D eigenvalue weighted by atomic mass is 9.79. The standard InChI is InChI=1S/C13H18N2O2/c1-10-9-14-8-7-13(10,12(16)17)15-11-5-3-2-4-6-11/h2-6,10,14-15H,7-9H2,1H3,(H,16,17). The van der Waals surface area contributed by atoms with Gasteiger partial charge in [-0.05, 0) is 25.1 Å². The minimum absolute atomic E-state index is 0.0500. The van der Waals surface area contributed by atoms with Crippen LogP contribution < -0.4 is 10.6 Å². The van der Waals surface area contributed by atoms with E-state index >= 15 is 0 Å². The van der Waals surface area contributed by atoms with E-state index in [0.717, 1.165) is 18.8 Å². The Bertz CT molecular complexity index is 394. The van der Waals surface area contributed by atoms with Crippen molar-refractivity contribution >= 4 is 11.7 Å². The topological polar surface area (TPSA) is 61.4 Å². The summed E-state index contributed by atoms with van der Waals surface area (Å²) in [5.74, 6) is -0.718. The lowest BCUT2D eigenvalue weighted by Gasteiger charge is -2.40. The van der Waals surface area contributed by atoms with Crippen LogP contribution in [0.2, 0.25) is 0 Å². The smallest absolute Gasteiger partial charge is 0.329 e. The van der Waals surface area contributed by atoms with Gasteiger partial charge in [0.25, 0.3) is 0 Å². The summed E-state index contributed by atoms with van der Waals surface area (Å²) in [6.45, 7) is 3.43. The zero-order chi connectivity index (χ0) is 12.3. The zero-order valence-corrected chi connectivity index (χ0v) is 9.94. The monoisotopic (exact) mass is 234 g/mol. The highest BCUT2D eigenvalue weighted by Gasteiger charge is 2.45. The second-order valence-electron chi connectivity index (χ2n) is 4.62. The fourth-order valence-electron chi connectivity index (χ4n) is 2.36. The summed E-state index contributed by atoms with van der Waals surface area (Å²) in [7, 11) is 0. The molecule has 1 aliphatic heterocycles. The Morgan fingerprint density at radius 3 is 2.76 bits per heavy atom. The minimum Gasteiger partial charge on any atom is -0.479 e. The minimum atomic E-state index is -0.855. The third-order valence-electron chi connectivity index (χ3n) is 3.51. The molecular formula is C13H18N2O2. The second kappa shape index (κ2) is 4.75. The molecule has 0 amide bonds. The van der Waals surface area contributed by atoms with Gasteiger partial charge in [0.05, 0.1) is 0 Å². The molecule has 0 saturated carbocycles. The summed E-state index contributed by atoms with van der Waals surface area (Å²) in [5.41, 5.74) is 0.00993. The van der Waals surface area contributed by atoms with E-state index in [1.165, 1.54) is 0 Å². The number of hydrogen-bond acceptors (Lipinski definition) is 3. The molecule has 2 unspecified atom stereocenters. The average molecular weight is 234 g/mol. The Hall–Kier alpha value is -1.55. The summed E-state index contributed by atoms with van der Waals surface area (Å²) < 4.78 is 0. The Kier molecular flexibility index (Phi) is 3.33. The van der Waals surface area contributed by atoms with Crippen molar-refractivity contribution in [3.8, 4) is 0 Å². The number of hydrogen-bond donors (Lipinski definition) is 3. The van der Waals surface area contributed by atoms with Crippen LogP contribution in [0, 0.1) is 5.92 Å². The number of aliphatic carboxylic acids is 1. The Labute approximate surface area is 101 Å². The quantitative estimate of drug-likeness (QED) is 0.742. The lowest BCUT2D eigenvalue weighted by molar-refractivity contribution is -0.145. The molecule has 1 heterocycles. The first-order valence-corrected chi connectivity index (χ1v) is 5.92. The summed E-state index contributed by atoms with van der Waals surface area (Å²) in [4.78, 5) is 11.6. The highest BCUT2D eigenvalue weighted by molar-refractivity contribution is 5.83. The number of carboxylic acids is 1. The van der Waals surface area contributed by atoms with Crippen LogP contribution in [0.15, 0.2) is 30.3 Å². The number of piperidine rings is 1. The lowest BCUT2D eigenvalue weighted by Crippen LogP contribution is -2.59. The molecule has 17 heavy (non-hydrogen) atoms. The van der Waals surface area contributed by atoms with Gasteiger partial charge in [0.15, 0.2) is 0 Å². The second-order valence-corrected chi connectivity index (χ2v) is 4.62. The highest BCUT2D eigenvalue weighted by Crippen LogP contribution is 2.29. The number of benzene rings is 1. The van der Waals surface area contributed by atoms with Crippen molar-refractivity contribution in [3.05, 3.63) is 30.3 Å². The van der Waals surface area contributed by atoms with Crippen molar-refractivity contribution in [2.45, 2.75) is 18.9 Å². The van der Waals surface area contributed by atoms with Gasteiger partial charge in [-0.15, -0.1) is 0 Å². The molecule has 3 N–H and O–H groups in total. The van der Waals surface area contributed by atoms with E-state index in [1.807, 2.05) is 37.3 Å². The molecule has 1 fully saturated rings. The van der Waals surface area contributed by atoms with Crippen molar-refractivity contribution in [1.29, 1.82) is 0 Å². The number of rotatable bonds is 3. The van der Waals surface area contributed by atoms with E-state index in [0.29, 0.717) is 6.42 Å². The van der Waals surface area contributed by atoms with Crippen molar-refractivity contribution in [1.82, 2.24) is 5.32 Å². The van der Waals surface area contributed by atoms with Crippen LogP contribution in [-0.4, -0.2) is 29.7 Å². The molecule has 0 radical (unpaired) electrons. The van der Waals surface area contributed by atoms with Crippen LogP contribution in [0.3, 0.4) is 0 Å². The third-order valence-corrected chi connectivity index (χ3v) is 3.51. The van der Waals surface area contributed by atoms with Gasteiger partial charge in [-0.2, -0.15) is 0 Å². The number of para-hydroxylation sites is 1. The Morgan fingerprint density at radius 1 is 1.47 bits per heavy atom. The van der Waals surface area contributed by atoms with E-state index < -0.39 is 11.5 Å². The molecule has 1 aliphatic rings. The van der Waals surface area contributed by atoms with Crippen LogP contribution in [0.4, 0.5) is 5.69 Å². The van der Waals surface area contributed by atoms with Gasteiger partial charge in [0.1, 0.15) is 5.54 Å². The Morgan fingerprint density at radius 2 is 2.18 bits per heavy atom. The summed E-state index contributed by atoms with van der Waals surface area (Å²) in [5, 5.41) is 16.0. The molecule has 0 bridgehead atoms. The number of carbonyl (C=O) groups is 1. The summed E-state index contributed by atoms with van der Waals surface area (Å²) in [6.07, 6.45) is 0.596. The molecule has 4 nitrogen and oxygen atoms in total. The molecule has 2 atom stereocenters. The van der Waals surface area contributed by atoms with Gasteiger partial charge in [-0.25, -0.2) is 4.79 Å². The normalized spacial score (nSPS) is 28.6. The molecule has 1 saturated heterocycles. The third kappa shape index (κ3) is 2.26. The fraction of sp³-hybridized carbons (Fsp3) is 0.462. The fourth-order valence-corrected chi connectivity index (χ4v) is 2.36. The molecule has 0 aromatic heterocycles. The SMILES string of the molecule is CC1CNCCC1(Nc1ccccc1)C(=O)O. The highest BCUT2D eigenvalue weighted by atomic mass is 16.4. The van der Waals surface area contributed by atoms with Crippen molar-refractivity contribution in [2.75, 3.05) is 18.4 Å². The van der Waals surface area contributed by atoms with Gasteiger partial charge in [-0.3, -0.25) is 0 Å². The molecule has 1 aromatic rings. The first-order valence-electron chi connectivity index (χ1n) is 5.92. The van der Waals surface area contributed by atoms with Crippen molar-refractivity contribution in [2.24, 2.45) is 5.92 Å². The van der Waals surface area contributed by atoms with E-state index in [-0.39, 0.29) is 5.92 Å². The summed E-state index contributed by atoms with van der Waals surface area (Å²) in [6, 6.07) is 9.54. The predicted octanol–water partition coefficient (Wildman–Crippen LogP) is 1.55. The molecule has 4 heteroatoms. The largest absolute Gasteiger partial charge is 0.479 e. The first kappa shape index (κ1) is 11.9. The average Bonchev–Trinajstić information content (AvgIpc) is 2.33. The molecule has 1 aromatic carbocycles. The van der Waals surface area contributed by atoms with Crippen LogP contribution in [0.25, 0.3) is 0 Å². The van der Waals surface area contributed by atoms with E-state index in [2.05, 4.69) is 10.6 Å². The van der Waals surface area contributed by atoms with Crippen molar-refractivity contribution < 1.29 is 9.90 Å². The van der Waals surface area contributed by atoms with Gasteiger partial charge in [0, 0.05) is 18.2 Å². The maximum atomic E-state index is 11.6. The van der Waals surface area contributed by atoms with Crippen LogP contribution >= 0.6 is 0 Å². The maximum Gasteiger partial charge on any atom is 0.329 e. The van der Waals surface area contributed by atoms with Crippen LogP contribution in [-0.2, 0) is 4.79 Å². The zero-order valence-electron chi connectivity index (χ0n) is 9.94. The Balaban J connectivity index is 2.25. The summed E-state index contributed by atoms with van der Waals surface area (Å²) >= 11 is 0. The number of anilines is 1. The first-order chi connectivity index (χ1) is 8.15. The number of carboxylic acid groups (broad SMARTS) is 1. The predicted molar refractivity (Wildman–Crippen MR) is 67.1 cm³/mol. The molecule has 92 valence electrons. The van der Waals surface area contributed by atoms with Gasteiger partial charge in [-0.1, -0.05) is 25.1 Å². The van der Waals surface area contributed by atoms with Crippen LogP contribution in [0.5, 0.6) is 0 Å². The van der Waals surface area contributed by atoms with E-state index in [1.54, 1.807) is 0 Å². The van der Waals surface area contributed by atoms with Gasteiger partial charge >= 0.3 is 5.97 Å². The van der Waals surface area contributed by atoms with Crippen LogP contribution in [0.1, 0.15) is 13.3 Å². The van der Waals surface area contributed by atoms with E-state index in [4.69, 9.17) is 0 Å². The molecule has 2 rings (SSSR count). The van der Waals surface area contributed by atoms with Gasteiger partial charge < -0.3 is 15.7 Å².